The molecule has 0 fully saturated rings. The van der Waals surface area contributed by atoms with Crippen LogP contribution in [0.25, 0.3) is 0 Å². The molecule has 58 heavy (non-hydrogen) atoms. The van der Waals surface area contributed by atoms with Gasteiger partial charge >= 0.3 is 5.97 Å². The van der Waals surface area contributed by atoms with Gasteiger partial charge in [-0.1, -0.05) is 75.7 Å². The summed E-state index contributed by atoms with van der Waals surface area (Å²) in [5.74, 6) is -8.65. The highest BCUT2D eigenvalue weighted by Crippen LogP contribution is 2.23. The van der Waals surface area contributed by atoms with Crippen molar-refractivity contribution in [2.24, 2.45) is 47.0 Å². The minimum Gasteiger partial charge on any atom is -0.480 e. The van der Waals surface area contributed by atoms with E-state index in [2.05, 4.69) is 31.9 Å². The molecule has 0 aliphatic rings. The minimum absolute atomic E-state index is 0.0405. The number of aliphatic carboxylic acids is 1. The fraction of sp³-hybridized carbons (Fsp3) is 0.795. The molecular weight excluding hydrogens is 756 g/mol. The molecule has 10 atom stereocenters. The molecule has 0 aromatic rings. The van der Waals surface area contributed by atoms with Crippen LogP contribution >= 0.6 is 0 Å². The van der Waals surface area contributed by atoms with Crippen molar-refractivity contribution < 1.29 is 53.7 Å². The van der Waals surface area contributed by atoms with Gasteiger partial charge in [0.2, 0.25) is 41.4 Å². The van der Waals surface area contributed by atoms with Gasteiger partial charge in [-0.15, -0.1) is 0 Å². The topological polar surface area (TPSA) is 321 Å². The van der Waals surface area contributed by atoms with E-state index in [0.717, 1.165) is 0 Å². The summed E-state index contributed by atoms with van der Waals surface area (Å²) in [4.78, 5) is 103. The first-order valence-corrected chi connectivity index (χ1v) is 20.2. The van der Waals surface area contributed by atoms with Crippen LogP contribution < -0.4 is 43.4 Å². The number of hydrogen-bond donors (Lipinski definition) is 11. The molecule has 0 bridgehead atoms. The Morgan fingerprint density at radius 2 is 1.14 bits per heavy atom. The highest BCUT2D eigenvalue weighted by molar-refractivity contribution is 5.95. The molecule has 0 saturated heterocycles. The first kappa shape index (κ1) is 53.6. The van der Waals surface area contributed by atoms with E-state index in [0.29, 0.717) is 6.42 Å². The van der Waals surface area contributed by atoms with E-state index < -0.39 is 114 Å². The van der Waals surface area contributed by atoms with Crippen LogP contribution in [0.3, 0.4) is 0 Å². The molecule has 19 nitrogen and oxygen atoms in total. The molecule has 13 N–H and O–H groups in total. The Balaban J connectivity index is 6.08. The normalized spacial score (nSPS) is 16.8. The van der Waals surface area contributed by atoms with Crippen molar-refractivity contribution >= 4 is 47.3 Å². The van der Waals surface area contributed by atoms with Gasteiger partial charge in [-0.3, -0.25) is 33.6 Å². The van der Waals surface area contributed by atoms with Gasteiger partial charge in [0.25, 0.3) is 0 Å². The zero-order valence-corrected chi connectivity index (χ0v) is 36.1. The van der Waals surface area contributed by atoms with Crippen molar-refractivity contribution in [2.75, 3.05) is 6.61 Å². The Morgan fingerprint density at radius 1 is 0.603 bits per heavy atom. The van der Waals surface area contributed by atoms with Gasteiger partial charge in [-0.25, -0.2) is 4.79 Å². The molecule has 0 rings (SSSR count). The lowest BCUT2D eigenvalue weighted by Gasteiger charge is -2.32. The number of carboxylic acid groups (broad SMARTS) is 1. The molecule has 334 valence electrons. The van der Waals surface area contributed by atoms with Crippen molar-refractivity contribution in [1.82, 2.24) is 31.9 Å². The Labute approximate surface area is 342 Å². The predicted molar refractivity (Wildman–Crippen MR) is 216 cm³/mol. The monoisotopic (exact) mass is 829 g/mol. The number of carbonyl (C=O) groups excluding carboxylic acids is 7. The van der Waals surface area contributed by atoms with Crippen LogP contribution in [0.15, 0.2) is 0 Å². The van der Waals surface area contributed by atoms with Gasteiger partial charge in [0, 0.05) is 12.3 Å². The van der Waals surface area contributed by atoms with Crippen molar-refractivity contribution in [3.8, 4) is 0 Å². The summed E-state index contributed by atoms with van der Waals surface area (Å²) in [5, 5.41) is 46.2. The van der Waals surface area contributed by atoms with Crippen molar-refractivity contribution in [1.29, 1.82) is 0 Å². The third-order valence-corrected chi connectivity index (χ3v) is 10.1. The second kappa shape index (κ2) is 25.9. The predicted octanol–water partition coefficient (Wildman–Crippen LogP) is -0.988. The molecule has 0 heterocycles. The molecule has 0 aromatic carbocycles. The first-order valence-electron chi connectivity index (χ1n) is 20.2. The van der Waals surface area contributed by atoms with E-state index >= 15 is 0 Å². The maximum absolute atomic E-state index is 13.8. The summed E-state index contributed by atoms with van der Waals surface area (Å²) in [6.07, 6.45) is -1.22. The van der Waals surface area contributed by atoms with Crippen molar-refractivity contribution in [3.05, 3.63) is 0 Å². The van der Waals surface area contributed by atoms with Crippen LogP contribution in [-0.4, -0.2) is 118 Å². The number of carboxylic acids is 1. The highest BCUT2D eigenvalue weighted by atomic mass is 16.4. The third-order valence-electron chi connectivity index (χ3n) is 10.1. The minimum atomic E-state index is -1.48. The number of amides is 7. The smallest absolute Gasteiger partial charge is 0.326 e. The van der Waals surface area contributed by atoms with Crippen LogP contribution in [0.2, 0.25) is 0 Å². The number of aliphatic hydroxyl groups excluding tert-OH is 2. The fourth-order valence-corrected chi connectivity index (χ4v) is 5.93. The summed E-state index contributed by atoms with van der Waals surface area (Å²) in [7, 11) is 0. The van der Waals surface area contributed by atoms with E-state index in [1.54, 1.807) is 48.5 Å². The molecule has 0 spiro atoms. The van der Waals surface area contributed by atoms with E-state index in [9.17, 15) is 53.7 Å². The average molecular weight is 829 g/mol. The second-order valence-corrected chi connectivity index (χ2v) is 16.6. The van der Waals surface area contributed by atoms with Crippen LogP contribution in [0, 0.1) is 35.5 Å². The quantitative estimate of drug-likeness (QED) is 0.0476. The van der Waals surface area contributed by atoms with Crippen LogP contribution in [0.4, 0.5) is 0 Å². The Bertz CT molecular complexity index is 1390. The number of nitrogens with one attached hydrogen (secondary N) is 6. The molecule has 0 radical (unpaired) electrons. The third kappa shape index (κ3) is 18.5. The van der Waals surface area contributed by atoms with Gasteiger partial charge < -0.3 is 58.7 Å². The van der Waals surface area contributed by atoms with Crippen LogP contribution in [0.1, 0.15) is 108 Å². The number of primary amides is 1. The summed E-state index contributed by atoms with van der Waals surface area (Å²) in [5.41, 5.74) is 11.1. The number of rotatable bonds is 27. The van der Waals surface area contributed by atoms with E-state index in [1.807, 2.05) is 20.8 Å². The number of nitrogens with two attached hydrogens (primary N) is 2. The Kier molecular flexibility index (Phi) is 23.9. The lowest BCUT2D eigenvalue weighted by Crippen LogP contribution is -2.59. The van der Waals surface area contributed by atoms with E-state index in [4.69, 9.17) is 11.5 Å². The Morgan fingerprint density at radius 3 is 1.59 bits per heavy atom. The van der Waals surface area contributed by atoms with E-state index in [-0.39, 0.29) is 49.4 Å². The van der Waals surface area contributed by atoms with Crippen molar-refractivity contribution in [3.63, 3.8) is 0 Å². The summed E-state index contributed by atoms with van der Waals surface area (Å²) in [6.45, 7) is 18.1. The summed E-state index contributed by atoms with van der Waals surface area (Å²) in [6, 6.07) is -8.23. The maximum Gasteiger partial charge on any atom is 0.326 e. The summed E-state index contributed by atoms with van der Waals surface area (Å²) >= 11 is 0. The zero-order chi connectivity index (χ0) is 45.2. The summed E-state index contributed by atoms with van der Waals surface area (Å²) < 4.78 is 0. The van der Waals surface area contributed by atoms with Gasteiger partial charge in [-0.05, 0) is 55.8 Å². The van der Waals surface area contributed by atoms with Gasteiger partial charge in [0.15, 0.2) is 0 Å². The van der Waals surface area contributed by atoms with Crippen molar-refractivity contribution in [2.45, 2.75) is 157 Å². The Hall–Kier alpha value is -4.36. The average Bonchev–Trinajstić information content (AvgIpc) is 3.12. The largest absolute Gasteiger partial charge is 0.480 e. The number of aliphatic hydroxyl groups is 2. The van der Waals surface area contributed by atoms with Crippen LogP contribution in [-0.2, 0) is 38.4 Å². The lowest BCUT2D eigenvalue weighted by atomic mass is 9.85. The lowest BCUT2D eigenvalue weighted by molar-refractivity contribution is -0.144. The second-order valence-electron chi connectivity index (χ2n) is 16.6. The van der Waals surface area contributed by atoms with E-state index in [1.165, 1.54) is 6.92 Å². The molecule has 0 aliphatic heterocycles. The molecule has 0 aliphatic carbocycles. The molecule has 0 aromatic heterocycles. The number of carbonyl (C=O) groups is 8. The SMILES string of the molecule is CC[C@H](C)[C@H](NC(=O)[C@H](C[C@H](O)[C@H](CC(C)C)NC(=O)[C@H](C)NC(=O)[C@H](CCC(N)=O)NC(=O)[C@H](CO)NC(=O)[C@@H](N)C(C)C)C(C)C)C(=O)N[C@H](C(=O)O)C(C)C. The van der Waals surface area contributed by atoms with Gasteiger partial charge in [0.05, 0.1) is 24.8 Å². The molecule has 7 amide bonds. The molecule has 0 unspecified atom stereocenters. The fourth-order valence-electron chi connectivity index (χ4n) is 5.93. The van der Waals surface area contributed by atoms with Gasteiger partial charge in [-0.2, -0.15) is 0 Å². The highest BCUT2D eigenvalue weighted by Gasteiger charge is 2.36. The molecule has 0 saturated carbocycles. The first-order chi connectivity index (χ1) is 26.8. The maximum atomic E-state index is 13.8. The standard InChI is InChI=1S/C39H72N8O11/c1-12-22(10)32(38(56)46-31(21(8)9)39(57)58)47-34(52)24(19(4)5)16-28(49)26(15-18(2)3)44-33(51)23(11)42-35(53)25(13-14-29(40)50)43-36(54)27(17-48)45-37(55)30(41)20(6)7/h18-28,30-32,48-49H,12-17,41H2,1-11H3,(H2,40,50)(H,42,53)(H,43,54)(H,44,51)(H,45,55)(H,46,56)(H,47,52)(H,57,58)/t22-,23-,24+,25-,26-,27-,28-,30-,31-,32-/m0/s1. The molecule has 19 heteroatoms. The van der Waals surface area contributed by atoms with Crippen LogP contribution in [0.5, 0.6) is 0 Å². The zero-order valence-electron chi connectivity index (χ0n) is 36.1. The number of hydrogen-bond acceptors (Lipinski definition) is 11. The van der Waals surface area contributed by atoms with Gasteiger partial charge in [0.1, 0.15) is 30.2 Å². The molecular formula is C39H72N8O11.